The molecule has 0 spiro atoms. The summed E-state index contributed by atoms with van der Waals surface area (Å²) in [6.07, 6.45) is 0. The summed E-state index contributed by atoms with van der Waals surface area (Å²) < 4.78 is 6.64. The number of aromatic hydroxyl groups is 1. The molecule has 0 aliphatic carbocycles. The fraction of sp³-hybridized carbons (Fsp3) is 0.276. The first-order valence-electron chi connectivity index (χ1n) is 12.4. The highest BCUT2D eigenvalue weighted by molar-refractivity contribution is 6.03. The molecule has 0 bridgehead atoms. The number of fused-ring (bicyclic) bond motifs is 1. The van der Waals surface area contributed by atoms with Crippen LogP contribution in [0.5, 0.6) is 11.5 Å². The number of aromatic nitrogens is 3. The number of hydrogen-bond acceptors (Lipinski definition) is 7. The number of anilines is 1. The van der Waals surface area contributed by atoms with Gasteiger partial charge in [-0.25, -0.2) is 4.68 Å². The average Bonchev–Trinajstić information content (AvgIpc) is 3.28. The molecule has 0 unspecified atom stereocenters. The van der Waals surface area contributed by atoms with E-state index in [0.29, 0.717) is 27.8 Å². The summed E-state index contributed by atoms with van der Waals surface area (Å²) in [4.78, 5) is 41.5. The summed E-state index contributed by atoms with van der Waals surface area (Å²) >= 11 is 0. The molecule has 0 saturated carbocycles. The second-order valence-corrected chi connectivity index (χ2v) is 10.2. The van der Waals surface area contributed by atoms with Gasteiger partial charge in [0.1, 0.15) is 18.1 Å². The monoisotopic (exact) mass is 529 g/mol. The first-order chi connectivity index (χ1) is 18.5. The van der Waals surface area contributed by atoms with Crippen molar-refractivity contribution in [2.45, 2.75) is 45.8 Å². The van der Waals surface area contributed by atoms with Crippen molar-refractivity contribution in [2.75, 3.05) is 12.0 Å². The van der Waals surface area contributed by atoms with Gasteiger partial charge < -0.3 is 15.2 Å². The van der Waals surface area contributed by atoms with Crippen molar-refractivity contribution < 1.29 is 24.2 Å². The zero-order valence-corrected chi connectivity index (χ0v) is 22.5. The van der Waals surface area contributed by atoms with E-state index in [2.05, 4.69) is 15.6 Å². The van der Waals surface area contributed by atoms with E-state index >= 15 is 0 Å². The molecule has 202 valence electrons. The lowest BCUT2D eigenvalue weighted by Crippen LogP contribution is -2.50. The Bertz CT molecular complexity index is 1540. The number of rotatable bonds is 8. The van der Waals surface area contributed by atoms with Gasteiger partial charge in [-0.1, -0.05) is 35.5 Å². The van der Waals surface area contributed by atoms with Crippen LogP contribution in [-0.4, -0.2) is 50.3 Å². The number of ether oxygens (including phenoxy) is 1. The first-order valence-corrected chi connectivity index (χ1v) is 12.4. The standard InChI is InChI=1S/C29H31N5O5/c1-18(35)19-9-8-10-21(15-19)34(26(37)17-33-23-12-7-6-11-22(23)31-32-33)27(28(38)30-29(2,3)4)20-13-14-25(39-5)24(36)16-20/h6-16,27,36H,17H2,1-5H3,(H,30,38)/t27-/m0/s1. The van der Waals surface area contributed by atoms with Crippen LogP contribution < -0.4 is 15.0 Å². The van der Waals surface area contributed by atoms with Gasteiger partial charge in [0.2, 0.25) is 11.8 Å². The molecule has 3 aromatic carbocycles. The van der Waals surface area contributed by atoms with Gasteiger partial charge in [0.05, 0.1) is 12.6 Å². The van der Waals surface area contributed by atoms with Crippen LogP contribution in [0.15, 0.2) is 66.7 Å². The molecule has 39 heavy (non-hydrogen) atoms. The number of carbonyl (C=O) groups excluding carboxylic acids is 3. The molecule has 10 heteroatoms. The van der Waals surface area contributed by atoms with Crippen molar-refractivity contribution in [3.8, 4) is 11.5 Å². The van der Waals surface area contributed by atoms with Gasteiger partial charge in [-0.2, -0.15) is 0 Å². The van der Waals surface area contributed by atoms with E-state index in [4.69, 9.17) is 4.74 Å². The Kier molecular flexibility index (Phi) is 7.66. The molecule has 0 saturated heterocycles. The number of phenols is 1. The largest absolute Gasteiger partial charge is 0.504 e. The highest BCUT2D eigenvalue weighted by Gasteiger charge is 2.35. The Morgan fingerprint density at radius 3 is 2.46 bits per heavy atom. The first kappa shape index (κ1) is 27.3. The number of para-hydroxylation sites is 1. The number of ketones is 1. The third-order valence-corrected chi connectivity index (χ3v) is 6.03. The molecule has 0 aliphatic heterocycles. The topological polar surface area (TPSA) is 127 Å². The maximum absolute atomic E-state index is 14.1. The maximum atomic E-state index is 14.1. The van der Waals surface area contributed by atoms with E-state index in [1.54, 1.807) is 42.5 Å². The number of amides is 2. The van der Waals surface area contributed by atoms with E-state index in [1.165, 1.54) is 35.7 Å². The molecule has 1 aromatic heterocycles. The Morgan fingerprint density at radius 2 is 1.79 bits per heavy atom. The number of nitrogens with one attached hydrogen (secondary N) is 1. The number of carbonyl (C=O) groups is 3. The molecule has 10 nitrogen and oxygen atoms in total. The van der Waals surface area contributed by atoms with Crippen molar-refractivity contribution in [2.24, 2.45) is 0 Å². The van der Waals surface area contributed by atoms with E-state index in [0.717, 1.165) is 0 Å². The van der Waals surface area contributed by atoms with Crippen molar-refractivity contribution in [1.82, 2.24) is 20.3 Å². The summed E-state index contributed by atoms with van der Waals surface area (Å²) in [6.45, 7) is 6.69. The molecule has 0 radical (unpaired) electrons. The lowest BCUT2D eigenvalue weighted by Gasteiger charge is -2.34. The summed E-state index contributed by atoms with van der Waals surface area (Å²) in [5, 5.41) is 21.8. The number of benzene rings is 3. The molecule has 2 amide bonds. The zero-order chi connectivity index (χ0) is 28.3. The van der Waals surface area contributed by atoms with Crippen LogP contribution in [0.3, 0.4) is 0 Å². The minimum Gasteiger partial charge on any atom is -0.504 e. The molecule has 1 atom stereocenters. The quantitative estimate of drug-likeness (QED) is 0.330. The fourth-order valence-corrected chi connectivity index (χ4v) is 4.28. The van der Waals surface area contributed by atoms with Crippen LogP contribution in [0, 0.1) is 0 Å². The van der Waals surface area contributed by atoms with Gasteiger partial charge in [0, 0.05) is 16.8 Å². The minimum absolute atomic E-state index is 0.185. The molecule has 2 N–H and O–H groups in total. The van der Waals surface area contributed by atoms with Crippen LogP contribution in [0.4, 0.5) is 5.69 Å². The van der Waals surface area contributed by atoms with Crippen LogP contribution in [0.25, 0.3) is 11.0 Å². The Morgan fingerprint density at radius 1 is 1.05 bits per heavy atom. The van der Waals surface area contributed by atoms with Crippen molar-refractivity contribution >= 4 is 34.3 Å². The molecular weight excluding hydrogens is 498 g/mol. The van der Waals surface area contributed by atoms with Crippen molar-refractivity contribution in [3.05, 3.63) is 77.9 Å². The third kappa shape index (κ3) is 6.06. The molecule has 0 fully saturated rings. The highest BCUT2D eigenvalue weighted by Crippen LogP contribution is 2.35. The van der Waals surface area contributed by atoms with Crippen LogP contribution >= 0.6 is 0 Å². The number of nitrogens with zero attached hydrogens (tertiary/aromatic N) is 4. The van der Waals surface area contributed by atoms with Gasteiger partial charge in [-0.05, 0) is 69.7 Å². The van der Waals surface area contributed by atoms with E-state index in [-0.39, 0.29) is 23.8 Å². The lowest BCUT2D eigenvalue weighted by molar-refractivity contribution is -0.128. The SMILES string of the molecule is COc1ccc([C@@H](C(=O)NC(C)(C)C)N(C(=O)Cn2nnc3ccccc32)c2cccc(C(C)=O)c2)cc1O. The summed E-state index contributed by atoms with van der Waals surface area (Å²) in [5.74, 6) is -1.10. The van der Waals surface area contributed by atoms with Gasteiger partial charge in [-0.15, -0.1) is 5.10 Å². The molecule has 4 rings (SSSR count). The smallest absolute Gasteiger partial charge is 0.249 e. The summed E-state index contributed by atoms with van der Waals surface area (Å²) in [5.41, 5.74) is 1.71. The number of methoxy groups -OCH3 is 1. The Labute approximate surface area is 226 Å². The second-order valence-electron chi connectivity index (χ2n) is 10.2. The van der Waals surface area contributed by atoms with E-state index < -0.39 is 23.4 Å². The number of phenolic OH excluding ortho intramolecular Hbond substituents is 1. The van der Waals surface area contributed by atoms with Crippen LogP contribution in [0.2, 0.25) is 0 Å². The van der Waals surface area contributed by atoms with Crippen molar-refractivity contribution in [1.29, 1.82) is 0 Å². The fourth-order valence-electron chi connectivity index (χ4n) is 4.28. The van der Waals surface area contributed by atoms with Gasteiger partial charge >= 0.3 is 0 Å². The number of hydrogen-bond donors (Lipinski definition) is 2. The third-order valence-electron chi connectivity index (χ3n) is 6.03. The highest BCUT2D eigenvalue weighted by atomic mass is 16.5. The van der Waals surface area contributed by atoms with Gasteiger partial charge in [-0.3, -0.25) is 19.3 Å². The Balaban J connectivity index is 1.89. The number of Topliss-reactive ketones (excluding diaryl/α,β-unsaturated/α-hetero) is 1. The zero-order valence-electron chi connectivity index (χ0n) is 22.5. The summed E-state index contributed by atoms with van der Waals surface area (Å²) in [7, 11) is 1.42. The lowest BCUT2D eigenvalue weighted by atomic mass is 9.99. The van der Waals surface area contributed by atoms with Crippen LogP contribution in [-0.2, 0) is 16.1 Å². The normalized spacial score (nSPS) is 12.1. The predicted molar refractivity (Wildman–Crippen MR) is 147 cm³/mol. The van der Waals surface area contributed by atoms with Crippen molar-refractivity contribution in [3.63, 3.8) is 0 Å². The molecule has 0 aliphatic rings. The second kappa shape index (κ2) is 10.9. The maximum Gasteiger partial charge on any atom is 0.249 e. The van der Waals surface area contributed by atoms with E-state index in [1.807, 2.05) is 32.9 Å². The van der Waals surface area contributed by atoms with Gasteiger partial charge in [0.15, 0.2) is 17.3 Å². The van der Waals surface area contributed by atoms with Gasteiger partial charge in [0.25, 0.3) is 0 Å². The van der Waals surface area contributed by atoms with E-state index in [9.17, 15) is 19.5 Å². The minimum atomic E-state index is -1.20. The molecular formula is C29H31N5O5. The summed E-state index contributed by atoms with van der Waals surface area (Å²) in [6, 6.07) is 17.1. The average molecular weight is 530 g/mol. The van der Waals surface area contributed by atoms with Crippen LogP contribution in [0.1, 0.15) is 49.7 Å². The molecule has 1 heterocycles. The Hall–Kier alpha value is -4.73. The molecule has 4 aromatic rings. The predicted octanol–water partition coefficient (Wildman–Crippen LogP) is 4.04.